The van der Waals surface area contributed by atoms with Gasteiger partial charge in [0.15, 0.2) is 5.78 Å². The summed E-state index contributed by atoms with van der Waals surface area (Å²) < 4.78 is 10.1. The van der Waals surface area contributed by atoms with Crippen molar-refractivity contribution < 1.29 is 28.7 Å². The molecule has 1 rings (SSSR count). The van der Waals surface area contributed by atoms with Crippen molar-refractivity contribution in [1.29, 1.82) is 0 Å². The Balaban J connectivity index is 2.54. The molecule has 0 aliphatic carbocycles. The standard InChI is InChI=1S/C20H28ClN3O6/c1-13(23-19(28)30-20(2,3)4)17(26)24-15(16(25)10-21)11-22-18(27)29-12-14-8-6-5-7-9-14/h5-9,13,15H,10-12H2,1-4H3,(H,22,27)(H,23,28)(H,24,26)/t13-,15?/m0/s1. The van der Waals surface area contributed by atoms with E-state index < -0.39 is 41.6 Å². The maximum Gasteiger partial charge on any atom is 0.408 e. The van der Waals surface area contributed by atoms with Crippen molar-refractivity contribution >= 4 is 35.5 Å². The summed E-state index contributed by atoms with van der Waals surface area (Å²) >= 11 is 5.59. The first-order valence-corrected chi connectivity index (χ1v) is 9.88. The van der Waals surface area contributed by atoms with Gasteiger partial charge in [0.05, 0.1) is 5.88 Å². The van der Waals surface area contributed by atoms with Gasteiger partial charge in [-0.05, 0) is 33.3 Å². The molecule has 1 aromatic rings. The zero-order valence-corrected chi connectivity index (χ0v) is 18.2. The third-order valence-electron chi connectivity index (χ3n) is 3.63. The Labute approximate surface area is 180 Å². The number of carbonyl (C=O) groups excluding carboxylic acids is 4. The van der Waals surface area contributed by atoms with Crippen molar-refractivity contribution in [2.24, 2.45) is 0 Å². The first-order valence-electron chi connectivity index (χ1n) is 9.35. The van der Waals surface area contributed by atoms with Gasteiger partial charge in [0, 0.05) is 6.54 Å². The van der Waals surface area contributed by atoms with Crippen LogP contribution in [0, 0.1) is 0 Å². The maximum absolute atomic E-state index is 12.3. The molecule has 2 atom stereocenters. The van der Waals surface area contributed by atoms with Gasteiger partial charge in [-0.15, -0.1) is 11.6 Å². The molecule has 0 saturated carbocycles. The molecule has 166 valence electrons. The Bertz CT molecular complexity index is 736. The van der Waals surface area contributed by atoms with Crippen LogP contribution in [0.25, 0.3) is 0 Å². The zero-order valence-electron chi connectivity index (χ0n) is 17.5. The number of rotatable bonds is 9. The summed E-state index contributed by atoms with van der Waals surface area (Å²) in [4.78, 5) is 48.0. The van der Waals surface area contributed by atoms with E-state index in [-0.39, 0.29) is 19.0 Å². The average molecular weight is 442 g/mol. The van der Waals surface area contributed by atoms with Crippen molar-refractivity contribution in [1.82, 2.24) is 16.0 Å². The molecule has 1 unspecified atom stereocenters. The third-order valence-corrected chi connectivity index (χ3v) is 3.89. The SMILES string of the molecule is C[C@H](NC(=O)OC(C)(C)C)C(=O)NC(CNC(=O)OCc1ccccc1)C(=O)CCl. The molecule has 9 nitrogen and oxygen atoms in total. The lowest BCUT2D eigenvalue weighted by atomic mass is 10.2. The largest absolute Gasteiger partial charge is 0.445 e. The van der Waals surface area contributed by atoms with Gasteiger partial charge in [0.2, 0.25) is 5.91 Å². The molecular weight excluding hydrogens is 414 g/mol. The molecule has 10 heteroatoms. The van der Waals surface area contributed by atoms with Crippen LogP contribution in [-0.4, -0.2) is 54.0 Å². The van der Waals surface area contributed by atoms with Gasteiger partial charge >= 0.3 is 12.2 Å². The number of hydrogen-bond donors (Lipinski definition) is 3. The van der Waals surface area contributed by atoms with Crippen molar-refractivity contribution in [2.75, 3.05) is 12.4 Å². The number of ketones is 1. The molecule has 30 heavy (non-hydrogen) atoms. The second kappa shape index (κ2) is 12.0. The highest BCUT2D eigenvalue weighted by Crippen LogP contribution is 2.07. The van der Waals surface area contributed by atoms with Crippen molar-refractivity contribution in [2.45, 2.75) is 52.0 Å². The maximum atomic E-state index is 12.3. The van der Waals surface area contributed by atoms with E-state index in [0.717, 1.165) is 5.56 Å². The van der Waals surface area contributed by atoms with Gasteiger partial charge in [-0.25, -0.2) is 9.59 Å². The van der Waals surface area contributed by atoms with Gasteiger partial charge < -0.3 is 25.4 Å². The fourth-order valence-corrected chi connectivity index (χ4v) is 2.33. The summed E-state index contributed by atoms with van der Waals surface area (Å²) in [5.74, 6) is -1.50. The molecule has 0 fully saturated rings. The Morgan fingerprint density at radius 2 is 1.67 bits per heavy atom. The van der Waals surface area contributed by atoms with Crippen LogP contribution in [0.2, 0.25) is 0 Å². The minimum Gasteiger partial charge on any atom is -0.445 e. The summed E-state index contributed by atoms with van der Waals surface area (Å²) in [6.45, 7) is 6.34. The zero-order chi connectivity index (χ0) is 22.7. The summed E-state index contributed by atoms with van der Waals surface area (Å²) in [5.41, 5.74) is 0.0814. The summed E-state index contributed by atoms with van der Waals surface area (Å²) in [5, 5.41) is 7.24. The minimum atomic E-state index is -1.08. The lowest BCUT2D eigenvalue weighted by molar-refractivity contribution is -0.127. The number of halogens is 1. The summed E-state index contributed by atoms with van der Waals surface area (Å²) in [6.07, 6.45) is -1.52. The van der Waals surface area contributed by atoms with Gasteiger partial charge in [0.25, 0.3) is 0 Å². The topological polar surface area (TPSA) is 123 Å². The van der Waals surface area contributed by atoms with E-state index in [1.165, 1.54) is 6.92 Å². The number of amides is 3. The number of alkyl halides is 1. The van der Waals surface area contributed by atoms with Crippen molar-refractivity contribution in [3.05, 3.63) is 35.9 Å². The fourth-order valence-electron chi connectivity index (χ4n) is 2.14. The molecule has 0 saturated heterocycles. The van der Waals surface area contributed by atoms with E-state index in [1.54, 1.807) is 32.9 Å². The molecule has 3 amide bonds. The van der Waals surface area contributed by atoms with E-state index in [1.807, 2.05) is 18.2 Å². The Kier molecular flexibility index (Phi) is 10.1. The van der Waals surface area contributed by atoms with Crippen molar-refractivity contribution in [3.63, 3.8) is 0 Å². The predicted molar refractivity (Wildman–Crippen MR) is 111 cm³/mol. The van der Waals surface area contributed by atoms with Crippen molar-refractivity contribution in [3.8, 4) is 0 Å². The molecule has 0 aliphatic rings. The Morgan fingerprint density at radius 1 is 1.03 bits per heavy atom. The van der Waals surface area contributed by atoms with E-state index in [4.69, 9.17) is 21.1 Å². The number of hydrogen-bond acceptors (Lipinski definition) is 6. The number of carbonyl (C=O) groups is 4. The smallest absolute Gasteiger partial charge is 0.408 e. The molecule has 0 spiro atoms. The number of ether oxygens (including phenoxy) is 2. The summed E-state index contributed by atoms with van der Waals surface area (Å²) in [6, 6.07) is 7.01. The third kappa shape index (κ3) is 10.1. The summed E-state index contributed by atoms with van der Waals surface area (Å²) in [7, 11) is 0. The van der Waals surface area contributed by atoms with Crippen LogP contribution in [0.1, 0.15) is 33.3 Å². The molecule has 0 bridgehead atoms. The quantitative estimate of drug-likeness (QED) is 0.504. The van der Waals surface area contributed by atoms with E-state index >= 15 is 0 Å². The van der Waals surface area contributed by atoms with Crippen LogP contribution in [0.4, 0.5) is 9.59 Å². The number of Topliss-reactive ketones (excluding diaryl/α,β-unsaturated/α-hetero) is 1. The molecule has 0 heterocycles. The second-order valence-electron chi connectivity index (χ2n) is 7.47. The van der Waals surface area contributed by atoms with Crippen LogP contribution in [-0.2, 0) is 25.7 Å². The highest BCUT2D eigenvalue weighted by molar-refractivity contribution is 6.28. The van der Waals surface area contributed by atoms with Crippen LogP contribution in [0.15, 0.2) is 30.3 Å². The lowest BCUT2D eigenvalue weighted by Gasteiger charge is -2.23. The van der Waals surface area contributed by atoms with E-state index in [2.05, 4.69) is 16.0 Å². The van der Waals surface area contributed by atoms with Gasteiger partial charge in [-0.3, -0.25) is 9.59 Å². The van der Waals surface area contributed by atoms with Crippen LogP contribution in [0.3, 0.4) is 0 Å². The van der Waals surface area contributed by atoms with Gasteiger partial charge in [-0.1, -0.05) is 30.3 Å². The average Bonchev–Trinajstić information content (AvgIpc) is 2.67. The minimum absolute atomic E-state index is 0.0595. The molecule has 3 N–H and O–H groups in total. The van der Waals surface area contributed by atoms with Crippen LogP contribution < -0.4 is 16.0 Å². The highest BCUT2D eigenvalue weighted by Gasteiger charge is 2.26. The molecule has 0 aliphatic heterocycles. The number of benzene rings is 1. The lowest BCUT2D eigenvalue weighted by Crippen LogP contribution is -2.54. The Hall–Kier alpha value is -2.81. The molecule has 0 radical (unpaired) electrons. The molecule has 0 aromatic heterocycles. The monoisotopic (exact) mass is 441 g/mol. The number of alkyl carbamates (subject to hydrolysis) is 2. The van der Waals surface area contributed by atoms with Crippen LogP contribution >= 0.6 is 11.6 Å². The fraction of sp³-hybridized carbons (Fsp3) is 0.500. The van der Waals surface area contributed by atoms with E-state index in [9.17, 15) is 19.2 Å². The molecule has 1 aromatic carbocycles. The molecular formula is C20H28ClN3O6. The first-order chi connectivity index (χ1) is 14.0. The Morgan fingerprint density at radius 3 is 2.23 bits per heavy atom. The number of nitrogens with one attached hydrogen (secondary N) is 3. The second-order valence-corrected chi connectivity index (χ2v) is 7.74. The van der Waals surface area contributed by atoms with E-state index in [0.29, 0.717) is 0 Å². The van der Waals surface area contributed by atoms with Crippen LogP contribution in [0.5, 0.6) is 0 Å². The normalized spacial score (nSPS) is 12.8. The van der Waals surface area contributed by atoms with Gasteiger partial charge in [0.1, 0.15) is 24.3 Å². The van der Waals surface area contributed by atoms with Gasteiger partial charge in [-0.2, -0.15) is 0 Å². The first kappa shape index (κ1) is 25.2. The predicted octanol–water partition coefficient (Wildman–Crippen LogP) is 2.12. The highest BCUT2D eigenvalue weighted by atomic mass is 35.5.